The van der Waals surface area contributed by atoms with Gasteiger partial charge in [-0.05, 0) is 18.2 Å². The second-order valence-electron chi connectivity index (χ2n) is 3.59. The van der Waals surface area contributed by atoms with Gasteiger partial charge in [0, 0.05) is 4.91 Å². The van der Waals surface area contributed by atoms with E-state index in [4.69, 9.17) is 13.5 Å². The summed E-state index contributed by atoms with van der Waals surface area (Å²) >= 11 is 0.564. The summed E-state index contributed by atoms with van der Waals surface area (Å²) in [7, 11) is -9.07. The van der Waals surface area contributed by atoms with E-state index in [1.165, 1.54) is 18.4 Å². The number of hydrogen-bond donors (Lipinski definition) is 3. The molecule has 1 aromatic heterocycles. The third-order valence-corrected chi connectivity index (χ3v) is 5.99. The molecule has 1 aliphatic heterocycles. The van der Waals surface area contributed by atoms with Crippen LogP contribution in [-0.4, -0.2) is 36.0 Å². The number of furan rings is 1. The van der Waals surface area contributed by atoms with E-state index in [9.17, 15) is 16.8 Å². The SMILES string of the molecule is O=S(=O)(O)C1NC(S(=O)(=O)O)C(=Cc2ccco2)S1. The van der Waals surface area contributed by atoms with Crippen LogP contribution in [0.15, 0.2) is 27.7 Å². The Morgan fingerprint density at radius 3 is 2.42 bits per heavy atom. The molecule has 0 bridgehead atoms. The van der Waals surface area contributed by atoms with E-state index in [-0.39, 0.29) is 10.7 Å². The number of rotatable bonds is 3. The molecule has 0 amide bonds. The van der Waals surface area contributed by atoms with Crippen molar-refractivity contribution in [2.45, 2.75) is 10.1 Å². The Kier molecular flexibility index (Phi) is 3.77. The first kappa shape index (κ1) is 14.6. The summed E-state index contributed by atoms with van der Waals surface area (Å²) < 4.78 is 65.7. The van der Waals surface area contributed by atoms with Crippen LogP contribution in [-0.2, 0) is 20.2 Å². The van der Waals surface area contributed by atoms with Gasteiger partial charge in [0.05, 0.1) is 6.26 Å². The minimum atomic E-state index is -4.57. The molecule has 106 valence electrons. The predicted octanol–water partition coefficient (Wildman–Crippen LogP) is 0.342. The summed E-state index contributed by atoms with van der Waals surface area (Å²) in [6.07, 6.45) is 2.61. The van der Waals surface area contributed by atoms with Crippen molar-refractivity contribution in [2.24, 2.45) is 0 Å². The van der Waals surface area contributed by atoms with Gasteiger partial charge >= 0.3 is 0 Å². The van der Waals surface area contributed by atoms with Crippen molar-refractivity contribution in [1.29, 1.82) is 0 Å². The molecule has 2 unspecified atom stereocenters. The van der Waals surface area contributed by atoms with E-state index in [2.05, 4.69) is 5.32 Å². The Hall–Kier alpha value is -0.850. The summed E-state index contributed by atoms with van der Waals surface area (Å²) in [6.45, 7) is 0. The van der Waals surface area contributed by atoms with Gasteiger partial charge in [-0.15, -0.1) is 0 Å². The van der Waals surface area contributed by atoms with E-state index >= 15 is 0 Å². The molecular formula is C8H9NO7S3. The number of thioether (sulfide) groups is 1. The van der Waals surface area contributed by atoms with E-state index in [1.54, 1.807) is 6.07 Å². The first-order chi connectivity index (χ1) is 8.68. The third kappa shape index (κ3) is 3.38. The summed E-state index contributed by atoms with van der Waals surface area (Å²) in [5.74, 6) is 0.286. The standard InChI is InChI=1S/C8H9NO7S3/c10-18(11,12)7-6(4-5-2-1-3-16-5)17-8(9-7)19(13,14)15/h1-4,7-9H,(H,10,11,12)(H,13,14,15). The fraction of sp³-hybridized carbons (Fsp3) is 0.250. The quantitative estimate of drug-likeness (QED) is 0.672. The Morgan fingerprint density at radius 1 is 1.26 bits per heavy atom. The molecule has 8 nitrogen and oxygen atoms in total. The van der Waals surface area contributed by atoms with E-state index in [0.717, 1.165) is 0 Å². The summed E-state index contributed by atoms with van der Waals surface area (Å²) in [5.41, 5.74) is 0. The lowest BCUT2D eigenvalue weighted by Gasteiger charge is -2.08. The second kappa shape index (κ2) is 4.92. The maximum atomic E-state index is 11.2. The van der Waals surface area contributed by atoms with Gasteiger partial charge in [0.2, 0.25) is 0 Å². The fourth-order valence-corrected chi connectivity index (χ4v) is 4.76. The lowest BCUT2D eigenvalue weighted by Crippen LogP contribution is -2.38. The fourth-order valence-electron chi connectivity index (χ4n) is 1.43. The maximum Gasteiger partial charge on any atom is 0.291 e. The highest BCUT2D eigenvalue weighted by Crippen LogP contribution is 2.37. The second-order valence-corrected chi connectivity index (χ2v) is 8.07. The molecule has 1 aliphatic rings. The zero-order chi connectivity index (χ0) is 14.3. The van der Waals surface area contributed by atoms with Crippen molar-refractivity contribution in [1.82, 2.24) is 5.32 Å². The molecule has 3 N–H and O–H groups in total. The van der Waals surface area contributed by atoms with Gasteiger partial charge in [-0.2, -0.15) is 16.8 Å². The summed E-state index contributed by atoms with van der Waals surface area (Å²) in [5, 5.41) is 0.480. The van der Waals surface area contributed by atoms with Crippen molar-refractivity contribution >= 4 is 38.1 Å². The minimum Gasteiger partial charge on any atom is -0.465 e. The lowest BCUT2D eigenvalue weighted by molar-refractivity contribution is 0.458. The molecule has 19 heavy (non-hydrogen) atoms. The Bertz CT molecular complexity index is 689. The van der Waals surface area contributed by atoms with Crippen molar-refractivity contribution in [3.63, 3.8) is 0 Å². The third-order valence-electron chi connectivity index (χ3n) is 2.19. The van der Waals surface area contributed by atoms with Crippen LogP contribution in [0.4, 0.5) is 0 Å². The van der Waals surface area contributed by atoms with Gasteiger partial charge in [0.25, 0.3) is 20.2 Å². The molecule has 2 heterocycles. The molecule has 11 heteroatoms. The predicted molar refractivity (Wildman–Crippen MR) is 68.1 cm³/mol. The van der Waals surface area contributed by atoms with Gasteiger partial charge in [-0.25, -0.2) is 0 Å². The van der Waals surface area contributed by atoms with E-state index in [0.29, 0.717) is 11.8 Å². The molecule has 1 aromatic rings. The molecule has 0 spiro atoms. The number of hydrogen-bond acceptors (Lipinski definition) is 7. The minimum absolute atomic E-state index is 0.0000694. The van der Waals surface area contributed by atoms with Crippen LogP contribution in [0.3, 0.4) is 0 Å². The molecule has 1 saturated heterocycles. The highest BCUT2D eigenvalue weighted by atomic mass is 32.3. The molecule has 0 aliphatic carbocycles. The average molecular weight is 327 g/mol. The van der Waals surface area contributed by atoms with Crippen molar-refractivity contribution in [3.05, 3.63) is 29.1 Å². The van der Waals surface area contributed by atoms with Crippen LogP contribution in [0.25, 0.3) is 6.08 Å². The Balaban J connectivity index is 2.40. The first-order valence-corrected chi connectivity index (χ1v) is 8.67. The van der Waals surface area contributed by atoms with Crippen molar-refractivity contribution in [2.75, 3.05) is 0 Å². The first-order valence-electron chi connectivity index (χ1n) is 4.78. The molecule has 2 atom stereocenters. The Labute approximate surface area is 113 Å². The van der Waals surface area contributed by atoms with Crippen LogP contribution in [0.5, 0.6) is 0 Å². The van der Waals surface area contributed by atoms with Gasteiger partial charge in [0.15, 0.2) is 10.1 Å². The topological polar surface area (TPSA) is 134 Å². The highest BCUT2D eigenvalue weighted by Gasteiger charge is 2.43. The zero-order valence-electron chi connectivity index (χ0n) is 9.12. The summed E-state index contributed by atoms with van der Waals surface area (Å²) in [4.78, 5) is 0.0000694. The summed E-state index contributed by atoms with van der Waals surface area (Å²) in [6, 6.07) is 3.08. The van der Waals surface area contributed by atoms with Gasteiger partial charge in [0.1, 0.15) is 5.76 Å². The maximum absolute atomic E-state index is 11.2. The van der Waals surface area contributed by atoms with Gasteiger partial charge < -0.3 is 4.42 Å². The van der Waals surface area contributed by atoms with Gasteiger partial charge in [-0.1, -0.05) is 11.8 Å². The Morgan fingerprint density at radius 2 is 1.95 bits per heavy atom. The average Bonchev–Trinajstić information content (AvgIpc) is 2.84. The molecule has 1 fully saturated rings. The van der Waals surface area contributed by atoms with Crippen LogP contribution < -0.4 is 5.32 Å². The van der Waals surface area contributed by atoms with Crippen LogP contribution >= 0.6 is 11.8 Å². The highest BCUT2D eigenvalue weighted by molar-refractivity contribution is 8.15. The smallest absolute Gasteiger partial charge is 0.291 e. The molecule has 0 aromatic carbocycles. The number of nitrogens with one attached hydrogen (secondary N) is 1. The molecule has 2 rings (SSSR count). The van der Waals surface area contributed by atoms with Crippen LogP contribution in [0, 0.1) is 0 Å². The monoisotopic (exact) mass is 327 g/mol. The van der Waals surface area contributed by atoms with Crippen molar-refractivity contribution in [3.8, 4) is 0 Å². The van der Waals surface area contributed by atoms with E-state index in [1.807, 2.05) is 0 Å². The molecule has 0 saturated carbocycles. The lowest BCUT2D eigenvalue weighted by atomic mass is 10.4. The molecule has 0 radical (unpaired) electrons. The van der Waals surface area contributed by atoms with Crippen LogP contribution in [0.1, 0.15) is 5.76 Å². The normalized spacial score (nSPS) is 26.9. The largest absolute Gasteiger partial charge is 0.465 e. The van der Waals surface area contributed by atoms with Crippen LogP contribution in [0.2, 0.25) is 0 Å². The molecular weight excluding hydrogens is 318 g/mol. The van der Waals surface area contributed by atoms with Gasteiger partial charge in [-0.3, -0.25) is 14.4 Å². The zero-order valence-corrected chi connectivity index (χ0v) is 11.6. The van der Waals surface area contributed by atoms with Crippen molar-refractivity contribution < 1.29 is 30.4 Å². The van der Waals surface area contributed by atoms with E-state index < -0.39 is 30.3 Å².